The van der Waals surface area contributed by atoms with Gasteiger partial charge in [0.15, 0.2) is 0 Å². The molecule has 1 saturated heterocycles. The second kappa shape index (κ2) is 6.78. The van der Waals surface area contributed by atoms with Crippen LogP contribution in [0.4, 0.5) is 5.82 Å². The molecular formula is C18H31N3. The van der Waals surface area contributed by atoms with Gasteiger partial charge in [-0.15, -0.1) is 0 Å². The second-order valence-corrected chi connectivity index (χ2v) is 7.46. The van der Waals surface area contributed by atoms with Crippen LogP contribution in [0.25, 0.3) is 0 Å². The van der Waals surface area contributed by atoms with Gasteiger partial charge in [-0.3, -0.25) is 0 Å². The highest BCUT2D eigenvalue weighted by Crippen LogP contribution is 2.35. The van der Waals surface area contributed by atoms with Crippen molar-refractivity contribution in [2.45, 2.75) is 54.0 Å². The van der Waals surface area contributed by atoms with Crippen LogP contribution in [0, 0.1) is 18.3 Å². The molecule has 118 valence electrons. The molecule has 1 N–H and O–H groups in total. The molecule has 0 amide bonds. The van der Waals surface area contributed by atoms with Crippen molar-refractivity contribution in [3.8, 4) is 0 Å². The minimum Gasteiger partial charge on any atom is -0.356 e. The molecule has 0 saturated carbocycles. The molecule has 1 aliphatic heterocycles. The van der Waals surface area contributed by atoms with Gasteiger partial charge in [-0.05, 0) is 54.8 Å². The molecule has 0 radical (unpaired) electrons. The first-order valence-electron chi connectivity index (χ1n) is 8.33. The molecule has 0 spiro atoms. The zero-order chi connectivity index (χ0) is 15.5. The van der Waals surface area contributed by atoms with E-state index in [0.717, 1.165) is 32.1 Å². The fourth-order valence-electron chi connectivity index (χ4n) is 3.12. The number of aryl methyl sites for hydroxylation is 1. The predicted molar refractivity (Wildman–Crippen MR) is 90.7 cm³/mol. The lowest BCUT2D eigenvalue weighted by Gasteiger charge is -2.27. The van der Waals surface area contributed by atoms with Crippen LogP contribution in [0.1, 0.15) is 51.7 Å². The number of nitrogens with one attached hydrogen (secondary N) is 1. The molecule has 1 aromatic rings. The fraction of sp³-hybridized carbons (Fsp3) is 0.722. The van der Waals surface area contributed by atoms with E-state index in [0.29, 0.717) is 5.41 Å². The molecule has 3 nitrogen and oxygen atoms in total. The number of nitrogens with zero attached hydrogens (tertiary/aromatic N) is 2. The Morgan fingerprint density at radius 1 is 1.38 bits per heavy atom. The summed E-state index contributed by atoms with van der Waals surface area (Å²) in [6.45, 7) is 15.7. The van der Waals surface area contributed by atoms with Crippen LogP contribution in [-0.2, 0) is 6.54 Å². The summed E-state index contributed by atoms with van der Waals surface area (Å²) >= 11 is 0. The Labute approximate surface area is 130 Å². The first-order valence-corrected chi connectivity index (χ1v) is 8.33. The van der Waals surface area contributed by atoms with Crippen LogP contribution < -0.4 is 10.2 Å². The normalized spacial score (nSPS) is 19.3. The van der Waals surface area contributed by atoms with Gasteiger partial charge in [0.05, 0.1) is 0 Å². The van der Waals surface area contributed by atoms with Crippen molar-refractivity contribution in [1.82, 2.24) is 10.3 Å². The number of rotatable bonds is 5. The van der Waals surface area contributed by atoms with E-state index in [4.69, 9.17) is 4.98 Å². The van der Waals surface area contributed by atoms with Gasteiger partial charge >= 0.3 is 0 Å². The number of aromatic nitrogens is 1. The second-order valence-electron chi connectivity index (χ2n) is 7.46. The van der Waals surface area contributed by atoms with Crippen LogP contribution in [0.5, 0.6) is 0 Å². The summed E-state index contributed by atoms with van der Waals surface area (Å²) in [4.78, 5) is 7.21. The van der Waals surface area contributed by atoms with E-state index < -0.39 is 0 Å². The standard InChI is InChI=1S/C18H31N3/c1-6-8-19-11-15-10-14(2)17(20-12-15)21-9-7-16(13-21)18(3,4)5/h10,12,16,19H,6-9,11,13H2,1-5H3. The number of hydrogen-bond donors (Lipinski definition) is 1. The summed E-state index contributed by atoms with van der Waals surface area (Å²) in [6, 6.07) is 2.29. The minimum absolute atomic E-state index is 0.396. The molecule has 2 heterocycles. The van der Waals surface area contributed by atoms with Gasteiger partial charge in [0.25, 0.3) is 0 Å². The van der Waals surface area contributed by atoms with E-state index in [1.165, 1.54) is 29.8 Å². The molecular weight excluding hydrogens is 258 g/mol. The van der Waals surface area contributed by atoms with Crippen molar-refractivity contribution >= 4 is 5.82 Å². The first kappa shape index (κ1) is 16.3. The molecule has 0 bridgehead atoms. The van der Waals surface area contributed by atoms with Gasteiger partial charge in [0.1, 0.15) is 5.82 Å². The maximum atomic E-state index is 4.74. The third kappa shape index (κ3) is 4.19. The Bertz CT molecular complexity index is 462. The highest BCUT2D eigenvalue weighted by atomic mass is 15.2. The van der Waals surface area contributed by atoms with Gasteiger partial charge in [0.2, 0.25) is 0 Å². The highest BCUT2D eigenvalue weighted by molar-refractivity contribution is 5.48. The number of hydrogen-bond acceptors (Lipinski definition) is 3. The van der Waals surface area contributed by atoms with E-state index in [1.807, 2.05) is 6.20 Å². The van der Waals surface area contributed by atoms with E-state index in [-0.39, 0.29) is 0 Å². The van der Waals surface area contributed by atoms with Gasteiger partial charge in [0, 0.05) is 25.8 Å². The summed E-state index contributed by atoms with van der Waals surface area (Å²) in [7, 11) is 0. The molecule has 1 aliphatic rings. The van der Waals surface area contributed by atoms with Crippen molar-refractivity contribution in [2.24, 2.45) is 11.3 Å². The lowest BCUT2D eigenvalue weighted by molar-refractivity contribution is 0.263. The molecule has 1 fully saturated rings. The Balaban J connectivity index is 2.01. The van der Waals surface area contributed by atoms with Crippen LogP contribution in [0.15, 0.2) is 12.3 Å². The number of pyridine rings is 1. The van der Waals surface area contributed by atoms with E-state index in [9.17, 15) is 0 Å². The summed E-state index contributed by atoms with van der Waals surface area (Å²) in [5, 5.41) is 3.44. The molecule has 21 heavy (non-hydrogen) atoms. The van der Waals surface area contributed by atoms with Crippen molar-refractivity contribution in [1.29, 1.82) is 0 Å². The Morgan fingerprint density at radius 3 is 2.71 bits per heavy atom. The van der Waals surface area contributed by atoms with Crippen LogP contribution in [0.3, 0.4) is 0 Å². The Hall–Kier alpha value is -1.09. The smallest absolute Gasteiger partial charge is 0.131 e. The molecule has 1 atom stereocenters. The predicted octanol–water partition coefficient (Wildman–Crippen LogP) is 3.76. The number of anilines is 1. The fourth-order valence-corrected chi connectivity index (χ4v) is 3.12. The SMILES string of the molecule is CCCNCc1cnc(N2CCC(C(C)(C)C)C2)c(C)c1. The highest BCUT2D eigenvalue weighted by Gasteiger charge is 2.32. The maximum absolute atomic E-state index is 4.74. The van der Waals surface area contributed by atoms with Crippen molar-refractivity contribution < 1.29 is 0 Å². The van der Waals surface area contributed by atoms with E-state index >= 15 is 0 Å². The monoisotopic (exact) mass is 289 g/mol. The summed E-state index contributed by atoms with van der Waals surface area (Å²) in [6.07, 6.45) is 4.49. The largest absolute Gasteiger partial charge is 0.356 e. The van der Waals surface area contributed by atoms with E-state index in [2.05, 4.69) is 50.9 Å². The van der Waals surface area contributed by atoms with Crippen molar-refractivity contribution in [2.75, 3.05) is 24.5 Å². The zero-order valence-electron chi connectivity index (χ0n) is 14.4. The first-order chi connectivity index (χ1) is 9.91. The lowest BCUT2D eigenvalue weighted by Crippen LogP contribution is -2.27. The van der Waals surface area contributed by atoms with Crippen molar-refractivity contribution in [3.05, 3.63) is 23.4 Å². The molecule has 0 aliphatic carbocycles. The Kier molecular flexibility index (Phi) is 5.26. The van der Waals surface area contributed by atoms with Gasteiger partial charge in [-0.1, -0.05) is 27.7 Å². The molecule has 1 unspecified atom stereocenters. The van der Waals surface area contributed by atoms with Gasteiger partial charge in [-0.25, -0.2) is 4.98 Å². The molecule has 0 aromatic carbocycles. The third-order valence-corrected chi connectivity index (χ3v) is 4.58. The summed E-state index contributed by atoms with van der Waals surface area (Å²) in [5.74, 6) is 1.95. The van der Waals surface area contributed by atoms with Crippen LogP contribution in [-0.4, -0.2) is 24.6 Å². The Morgan fingerprint density at radius 2 is 2.14 bits per heavy atom. The average Bonchev–Trinajstić information content (AvgIpc) is 2.88. The average molecular weight is 289 g/mol. The summed E-state index contributed by atoms with van der Waals surface area (Å²) < 4.78 is 0. The quantitative estimate of drug-likeness (QED) is 0.837. The van der Waals surface area contributed by atoms with Crippen LogP contribution >= 0.6 is 0 Å². The molecule has 1 aromatic heterocycles. The van der Waals surface area contributed by atoms with Crippen molar-refractivity contribution in [3.63, 3.8) is 0 Å². The molecule has 2 rings (SSSR count). The maximum Gasteiger partial charge on any atom is 0.131 e. The van der Waals surface area contributed by atoms with Gasteiger partial charge in [-0.2, -0.15) is 0 Å². The third-order valence-electron chi connectivity index (χ3n) is 4.58. The van der Waals surface area contributed by atoms with Gasteiger partial charge < -0.3 is 10.2 Å². The van der Waals surface area contributed by atoms with E-state index in [1.54, 1.807) is 0 Å². The lowest BCUT2D eigenvalue weighted by atomic mass is 9.80. The zero-order valence-corrected chi connectivity index (χ0v) is 14.4. The van der Waals surface area contributed by atoms with Crippen LogP contribution in [0.2, 0.25) is 0 Å². The summed E-state index contributed by atoms with van der Waals surface area (Å²) in [5.41, 5.74) is 2.99. The molecule has 3 heteroatoms. The topological polar surface area (TPSA) is 28.2 Å². The minimum atomic E-state index is 0.396.